The van der Waals surface area contributed by atoms with E-state index < -0.39 is 0 Å². The lowest BCUT2D eigenvalue weighted by atomic mass is 10.1. The number of rotatable bonds is 5. The molecular weight excluding hydrogens is 230 g/mol. The molecule has 0 fully saturated rings. The molecule has 0 bridgehead atoms. The van der Waals surface area contributed by atoms with Gasteiger partial charge in [-0.2, -0.15) is 0 Å². The fourth-order valence-corrected chi connectivity index (χ4v) is 1.80. The highest BCUT2D eigenvalue weighted by molar-refractivity contribution is 5.45. The van der Waals surface area contributed by atoms with Gasteiger partial charge in [0.05, 0.1) is 12.8 Å². The molecule has 0 saturated heterocycles. The van der Waals surface area contributed by atoms with Crippen molar-refractivity contribution in [3.63, 3.8) is 0 Å². The lowest BCUT2D eigenvalue weighted by Gasteiger charge is -2.07. The quantitative estimate of drug-likeness (QED) is 0.875. The van der Waals surface area contributed by atoms with Crippen LogP contribution in [0.25, 0.3) is 0 Å². The molecule has 0 aliphatic rings. The number of hydrogen-bond donors (Lipinski definition) is 1. The van der Waals surface area contributed by atoms with Crippen LogP contribution in [0.4, 0.5) is 0 Å². The van der Waals surface area contributed by atoms with Gasteiger partial charge in [0, 0.05) is 12.7 Å². The van der Waals surface area contributed by atoms with Gasteiger partial charge in [0.2, 0.25) is 0 Å². The number of nitrogens with zero attached hydrogens (tertiary/aromatic N) is 3. The van der Waals surface area contributed by atoms with Crippen LogP contribution in [-0.4, -0.2) is 27.2 Å². The zero-order chi connectivity index (χ0) is 13.0. The molecular formula is C13H17N3O2. The van der Waals surface area contributed by atoms with Gasteiger partial charge in [0.1, 0.15) is 0 Å². The first-order valence-corrected chi connectivity index (χ1v) is 5.98. The summed E-state index contributed by atoms with van der Waals surface area (Å²) in [5.41, 5.74) is 1.79. The van der Waals surface area contributed by atoms with Crippen molar-refractivity contribution in [2.75, 3.05) is 7.11 Å². The van der Waals surface area contributed by atoms with E-state index in [1.165, 1.54) is 0 Å². The predicted octanol–water partition coefficient (Wildman–Crippen LogP) is 1.80. The van der Waals surface area contributed by atoms with Crippen molar-refractivity contribution in [2.24, 2.45) is 0 Å². The molecule has 0 spiro atoms. The SMILES string of the molecule is CCn1cc(CCc2cccc(OC)c2O)nn1. The van der Waals surface area contributed by atoms with Crippen molar-refractivity contribution >= 4 is 0 Å². The summed E-state index contributed by atoms with van der Waals surface area (Å²) in [4.78, 5) is 0. The van der Waals surface area contributed by atoms with Gasteiger partial charge in [-0.25, -0.2) is 0 Å². The molecule has 2 aromatic rings. The second-order valence-corrected chi connectivity index (χ2v) is 4.03. The Bertz CT molecular complexity index is 523. The first kappa shape index (κ1) is 12.4. The number of methoxy groups -OCH3 is 1. The normalized spacial score (nSPS) is 10.6. The van der Waals surface area contributed by atoms with Crippen molar-refractivity contribution < 1.29 is 9.84 Å². The second-order valence-electron chi connectivity index (χ2n) is 4.03. The molecule has 1 N–H and O–H groups in total. The van der Waals surface area contributed by atoms with Crippen LogP contribution in [0.2, 0.25) is 0 Å². The van der Waals surface area contributed by atoms with Crippen molar-refractivity contribution in [3.05, 3.63) is 35.7 Å². The van der Waals surface area contributed by atoms with Crippen LogP contribution in [0.3, 0.4) is 0 Å². The van der Waals surface area contributed by atoms with Crippen LogP contribution in [0.15, 0.2) is 24.4 Å². The maximum atomic E-state index is 9.95. The number of aromatic hydroxyl groups is 1. The van der Waals surface area contributed by atoms with Crippen LogP contribution in [0.5, 0.6) is 11.5 Å². The molecule has 0 aliphatic carbocycles. The minimum absolute atomic E-state index is 0.211. The van der Waals surface area contributed by atoms with Crippen LogP contribution in [-0.2, 0) is 19.4 Å². The highest BCUT2D eigenvalue weighted by atomic mass is 16.5. The maximum Gasteiger partial charge on any atom is 0.160 e. The number of aryl methyl sites for hydroxylation is 3. The third-order valence-electron chi connectivity index (χ3n) is 2.86. The third kappa shape index (κ3) is 2.61. The number of phenolic OH excluding ortho intramolecular Hbond substituents is 1. The van der Waals surface area contributed by atoms with E-state index in [1.807, 2.05) is 25.3 Å². The van der Waals surface area contributed by atoms with E-state index >= 15 is 0 Å². The fraction of sp³-hybridized carbons (Fsp3) is 0.385. The summed E-state index contributed by atoms with van der Waals surface area (Å²) >= 11 is 0. The molecule has 0 unspecified atom stereocenters. The van der Waals surface area contributed by atoms with E-state index in [2.05, 4.69) is 10.3 Å². The minimum atomic E-state index is 0.211. The molecule has 0 radical (unpaired) electrons. The maximum absolute atomic E-state index is 9.95. The fourth-order valence-electron chi connectivity index (χ4n) is 1.80. The first-order valence-electron chi connectivity index (χ1n) is 5.98. The third-order valence-corrected chi connectivity index (χ3v) is 2.86. The van der Waals surface area contributed by atoms with E-state index in [-0.39, 0.29) is 5.75 Å². The molecule has 0 amide bonds. The average molecular weight is 247 g/mol. The Balaban J connectivity index is 2.06. The van der Waals surface area contributed by atoms with E-state index in [9.17, 15) is 5.11 Å². The van der Waals surface area contributed by atoms with E-state index in [1.54, 1.807) is 17.9 Å². The molecule has 1 heterocycles. The van der Waals surface area contributed by atoms with Crippen molar-refractivity contribution in [1.82, 2.24) is 15.0 Å². The summed E-state index contributed by atoms with van der Waals surface area (Å²) < 4.78 is 6.87. The number of aromatic nitrogens is 3. The molecule has 2 rings (SSSR count). The Kier molecular flexibility index (Phi) is 3.82. The summed E-state index contributed by atoms with van der Waals surface area (Å²) in [5.74, 6) is 0.715. The standard InChI is InChI=1S/C13H17N3O2/c1-3-16-9-11(14-15-16)8-7-10-5-4-6-12(18-2)13(10)17/h4-6,9,17H,3,7-8H2,1-2H3. The van der Waals surface area contributed by atoms with Gasteiger partial charge >= 0.3 is 0 Å². The van der Waals surface area contributed by atoms with Crippen molar-refractivity contribution in [2.45, 2.75) is 26.3 Å². The molecule has 0 aliphatic heterocycles. The number of benzene rings is 1. The van der Waals surface area contributed by atoms with Crippen LogP contribution in [0, 0.1) is 0 Å². The Morgan fingerprint density at radius 3 is 2.83 bits per heavy atom. The smallest absolute Gasteiger partial charge is 0.160 e. The van der Waals surface area contributed by atoms with Gasteiger partial charge in [0.25, 0.3) is 0 Å². The Morgan fingerprint density at radius 1 is 1.33 bits per heavy atom. The van der Waals surface area contributed by atoms with E-state index in [0.717, 1.165) is 24.2 Å². The molecule has 1 aromatic heterocycles. The zero-order valence-corrected chi connectivity index (χ0v) is 10.6. The van der Waals surface area contributed by atoms with Gasteiger partial charge in [-0.1, -0.05) is 17.3 Å². The van der Waals surface area contributed by atoms with Gasteiger partial charge in [-0.05, 0) is 31.4 Å². The average Bonchev–Trinajstić information content (AvgIpc) is 2.85. The highest BCUT2D eigenvalue weighted by Crippen LogP contribution is 2.29. The molecule has 96 valence electrons. The molecule has 5 nitrogen and oxygen atoms in total. The minimum Gasteiger partial charge on any atom is -0.504 e. The summed E-state index contributed by atoms with van der Waals surface area (Å²) in [6, 6.07) is 5.51. The summed E-state index contributed by atoms with van der Waals surface area (Å²) in [6.45, 7) is 2.84. The molecule has 5 heteroatoms. The molecule has 1 aromatic carbocycles. The van der Waals surface area contributed by atoms with E-state index in [4.69, 9.17) is 4.74 Å². The topological polar surface area (TPSA) is 60.2 Å². The Hall–Kier alpha value is -2.04. The van der Waals surface area contributed by atoms with Crippen LogP contribution in [0.1, 0.15) is 18.2 Å². The Morgan fingerprint density at radius 2 is 2.17 bits per heavy atom. The highest BCUT2D eigenvalue weighted by Gasteiger charge is 2.08. The molecule has 0 saturated carbocycles. The lowest BCUT2D eigenvalue weighted by Crippen LogP contribution is -1.94. The summed E-state index contributed by atoms with van der Waals surface area (Å²) in [7, 11) is 1.55. The summed E-state index contributed by atoms with van der Waals surface area (Å²) in [6.07, 6.45) is 3.39. The Labute approximate surface area is 106 Å². The zero-order valence-electron chi connectivity index (χ0n) is 10.6. The number of phenols is 1. The second kappa shape index (κ2) is 5.53. The first-order chi connectivity index (χ1) is 8.74. The van der Waals surface area contributed by atoms with Gasteiger partial charge < -0.3 is 9.84 Å². The van der Waals surface area contributed by atoms with Crippen LogP contribution >= 0.6 is 0 Å². The largest absolute Gasteiger partial charge is 0.504 e. The lowest BCUT2D eigenvalue weighted by molar-refractivity contribution is 0.370. The monoisotopic (exact) mass is 247 g/mol. The number of ether oxygens (including phenoxy) is 1. The van der Waals surface area contributed by atoms with Gasteiger partial charge in [-0.3, -0.25) is 4.68 Å². The van der Waals surface area contributed by atoms with Crippen LogP contribution < -0.4 is 4.74 Å². The van der Waals surface area contributed by atoms with Crippen molar-refractivity contribution in [3.8, 4) is 11.5 Å². The van der Waals surface area contributed by atoms with E-state index in [0.29, 0.717) is 12.2 Å². The van der Waals surface area contributed by atoms with Gasteiger partial charge in [-0.15, -0.1) is 5.10 Å². The predicted molar refractivity (Wildman–Crippen MR) is 67.8 cm³/mol. The molecule has 0 atom stereocenters. The number of para-hydroxylation sites is 1. The molecule has 18 heavy (non-hydrogen) atoms. The van der Waals surface area contributed by atoms with Crippen molar-refractivity contribution in [1.29, 1.82) is 0 Å². The number of hydrogen-bond acceptors (Lipinski definition) is 4. The van der Waals surface area contributed by atoms with Gasteiger partial charge in [0.15, 0.2) is 11.5 Å². The summed E-state index contributed by atoms with van der Waals surface area (Å²) in [5, 5.41) is 18.0.